The summed E-state index contributed by atoms with van der Waals surface area (Å²) in [6.45, 7) is 2.99. The standard InChI is InChI=1S/C3H3O/c1-2-3-4/h4H,1H2. The highest BCUT2D eigenvalue weighted by atomic mass is 16.2. The van der Waals surface area contributed by atoms with Crippen LogP contribution in [0.25, 0.3) is 0 Å². The minimum Gasteiger partial charge on any atom is -0.498 e. The fraction of sp³-hybridized carbons (Fsp3) is 0. The maximum absolute atomic E-state index is 7.45. The molecule has 0 aliphatic heterocycles. The van der Waals surface area contributed by atoms with Crippen LogP contribution in [-0.2, 0) is 0 Å². The molecule has 21 valence electrons. The molecule has 0 unspecified atom stereocenters. The molecular weight excluding hydrogens is 52.0 g/mol. The number of aliphatic hydroxyl groups excluding tert-OH is 1. The van der Waals surface area contributed by atoms with Crippen LogP contribution in [0, 0.1) is 6.26 Å². The van der Waals surface area contributed by atoms with Gasteiger partial charge in [0.25, 0.3) is 0 Å². The van der Waals surface area contributed by atoms with Gasteiger partial charge in [0.05, 0.1) is 0 Å². The molecule has 0 amide bonds. The molecule has 0 rings (SSSR count). The zero-order valence-corrected chi connectivity index (χ0v) is 2.15. The fourth-order valence-corrected chi connectivity index (χ4v) is 0. The lowest BCUT2D eigenvalue weighted by Gasteiger charge is -1.41. The van der Waals surface area contributed by atoms with E-state index in [1.165, 1.54) is 0 Å². The van der Waals surface area contributed by atoms with Crippen LogP contribution in [0.3, 0.4) is 0 Å². The molecule has 0 aliphatic carbocycles. The van der Waals surface area contributed by atoms with Gasteiger partial charge in [-0.1, -0.05) is 12.3 Å². The van der Waals surface area contributed by atoms with Crippen molar-refractivity contribution in [1.82, 2.24) is 0 Å². The highest BCUT2D eigenvalue weighted by Crippen LogP contribution is 1.35. The average molecular weight is 55.1 g/mol. The topological polar surface area (TPSA) is 20.2 Å². The van der Waals surface area contributed by atoms with E-state index in [4.69, 9.17) is 5.11 Å². The highest BCUT2D eigenvalue weighted by Gasteiger charge is 1.28. The molecule has 0 spiro atoms. The molecule has 1 radical (unpaired) electrons. The lowest BCUT2D eigenvalue weighted by Crippen LogP contribution is -1.32. The largest absolute Gasteiger partial charge is 0.498 e. The van der Waals surface area contributed by atoms with Gasteiger partial charge in [0.15, 0.2) is 0 Å². The molecule has 4 heavy (non-hydrogen) atoms. The Bertz CT molecular complexity index is 41.2. The van der Waals surface area contributed by atoms with E-state index in [1.807, 2.05) is 5.73 Å². The molecule has 1 heteroatoms. The predicted molar refractivity (Wildman–Crippen MR) is 15.0 cm³/mol. The molecule has 0 bridgehead atoms. The van der Waals surface area contributed by atoms with Crippen LogP contribution in [-0.4, -0.2) is 5.11 Å². The third-order valence-electron chi connectivity index (χ3n) is 0.0791. The van der Waals surface area contributed by atoms with Crippen molar-refractivity contribution in [3.8, 4) is 0 Å². The van der Waals surface area contributed by atoms with Crippen molar-refractivity contribution in [3.63, 3.8) is 0 Å². The Morgan fingerprint density at radius 1 is 1.75 bits per heavy atom. The first-order valence-corrected chi connectivity index (χ1v) is 0.827. The maximum atomic E-state index is 7.45. The van der Waals surface area contributed by atoms with Crippen molar-refractivity contribution in [2.45, 2.75) is 0 Å². The van der Waals surface area contributed by atoms with E-state index in [1.54, 1.807) is 6.26 Å². The van der Waals surface area contributed by atoms with Crippen LogP contribution in [0.4, 0.5) is 0 Å². The summed E-state index contributed by atoms with van der Waals surface area (Å²) in [5.74, 6) is 0. The molecule has 1 N–H and O–H groups in total. The third-order valence-corrected chi connectivity index (χ3v) is 0.0791. The summed E-state index contributed by atoms with van der Waals surface area (Å²) in [4.78, 5) is 0. The second kappa shape index (κ2) is 2.32. The molecule has 0 aromatic heterocycles. The van der Waals surface area contributed by atoms with Gasteiger partial charge in [-0.3, -0.25) is 0 Å². The summed E-state index contributed by atoms with van der Waals surface area (Å²) in [5.41, 5.74) is 1.99. The number of hydrogen-bond donors (Lipinski definition) is 1. The van der Waals surface area contributed by atoms with Crippen LogP contribution >= 0.6 is 0 Å². The minimum atomic E-state index is 1.57. The van der Waals surface area contributed by atoms with Crippen molar-refractivity contribution >= 4 is 0 Å². The van der Waals surface area contributed by atoms with E-state index in [2.05, 4.69) is 6.58 Å². The lowest BCUT2D eigenvalue weighted by molar-refractivity contribution is 0.443. The van der Waals surface area contributed by atoms with Gasteiger partial charge >= 0.3 is 0 Å². The monoisotopic (exact) mass is 55.0 g/mol. The Morgan fingerprint density at radius 2 is 2.00 bits per heavy atom. The summed E-state index contributed by atoms with van der Waals surface area (Å²) >= 11 is 0. The van der Waals surface area contributed by atoms with Gasteiger partial charge in [-0.15, -0.1) is 0 Å². The van der Waals surface area contributed by atoms with Gasteiger partial charge in [0, 0.05) is 0 Å². The van der Waals surface area contributed by atoms with E-state index >= 15 is 0 Å². The molecule has 0 saturated heterocycles. The van der Waals surface area contributed by atoms with Gasteiger partial charge in [0.1, 0.15) is 0 Å². The van der Waals surface area contributed by atoms with Crippen LogP contribution in [0.1, 0.15) is 0 Å². The number of hydrogen-bond acceptors (Lipinski definition) is 1. The van der Waals surface area contributed by atoms with Crippen LogP contribution in [0.15, 0.2) is 12.3 Å². The average Bonchev–Trinajstić information content (AvgIpc) is 1.37. The van der Waals surface area contributed by atoms with Crippen molar-refractivity contribution in [2.75, 3.05) is 0 Å². The first-order chi connectivity index (χ1) is 1.91. The van der Waals surface area contributed by atoms with Crippen LogP contribution in [0.2, 0.25) is 0 Å². The summed E-state index contributed by atoms with van der Waals surface area (Å²) in [6.07, 6.45) is 1.57. The predicted octanol–water partition coefficient (Wildman–Crippen LogP) is 0.646. The zero-order chi connectivity index (χ0) is 3.41. The van der Waals surface area contributed by atoms with E-state index in [0.717, 1.165) is 0 Å². The van der Waals surface area contributed by atoms with Crippen LogP contribution < -0.4 is 0 Å². The molecular formula is C3H3O. The molecule has 0 atom stereocenters. The van der Waals surface area contributed by atoms with Crippen molar-refractivity contribution in [3.05, 3.63) is 18.6 Å². The van der Waals surface area contributed by atoms with E-state index in [0.29, 0.717) is 0 Å². The van der Waals surface area contributed by atoms with Gasteiger partial charge in [-0.2, -0.15) is 0 Å². The molecule has 0 heterocycles. The SMILES string of the molecule is C=C=[C]O. The molecule has 1 nitrogen and oxygen atoms in total. The van der Waals surface area contributed by atoms with Crippen molar-refractivity contribution in [1.29, 1.82) is 0 Å². The summed E-state index contributed by atoms with van der Waals surface area (Å²) in [5, 5.41) is 7.45. The van der Waals surface area contributed by atoms with E-state index in [9.17, 15) is 0 Å². The molecule has 0 saturated carbocycles. The normalized spacial score (nSPS) is 4.00. The highest BCUT2D eigenvalue weighted by molar-refractivity contribution is 4.51. The third kappa shape index (κ3) is 1.32. The zero-order valence-electron chi connectivity index (χ0n) is 2.15. The smallest absolute Gasteiger partial charge is 0.210 e. The Balaban J connectivity index is 3.11. The second-order valence-electron chi connectivity index (χ2n) is 0.289. The van der Waals surface area contributed by atoms with Crippen molar-refractivity contribution in [2.24, 2.45) is 0 Å². The second-order valence-corrected chi connectivity index (χ2v) is 0.289. The molecule has 0 aromatic carbocycles. The molecule has 0 fully saturated rings. The Morgan fingerprint density at radius 3 is 2.00 bits per heavy atom. The van der Waals surface area contributed by atoms with Gasteiger partial charge in [0.2, 0.25) is 6.26 Å². The number of aliphatic hydroxyl groups is 1. The Hall–Kier alpha value is -0.680. The molecule has 0 aliphatic rings. The fourth-order valence-electron chi connectivity index (χ4n) is 0. The Labute approximate surface area is 24.9 Å². The maximum Gasteiger partial charge on any atom is 0.210 e. The first kappa shape index (κ1) is 3.32. The summed E-state index contributed by atoms with van der Waals surface area (Å²) in [7, 11) is 0. The Kier molecular flexibility index (Phi) is 1.93. The lowest BCUT2D eigenvalue weighted by atomic mass is 11.0. The van der Waals surface area contributed by atoms with Gasteiger partial charge < -0.3 is 5.11 Å². The summed E-state index contributed by atoms with van der Waals surface area (Å²) in [6, 6.07) is 0. The van der Waals surface area contributed by atoms with Crippen LogP contribution in [0.5, 0.6) is 0 Å². The van der Waals surface area contributed by atoms with Crippen molar-refractivity contribution < 1.29 is 5.11 Å². The van der Waals surface area contributed by atoms with Gasteiger partial charge in [-0.25, -0.2) is 0 Å². The molecule has 0 aromatic rings. The quantitative estimate of drug-likeness (QED) is 0.318. The van der Waals surface area contributed by atoms with E-state index < -0.39 is 0 Å². The minimum absolute atomic E-state index is 1.57. The summed E-state index contributed by atoms with van der Waals surface area (Å²) < 4.78 is 0. The van der Waals surface area contributed by atoms with Gasteiger partial charge in [-0.05, 0) is 0 Å². The number of rotatable bonds is 0. The van der Waals surface area contributed by atoms with E-state index in [-0.39, 0.29) is 0 Å². The first-order valence-electron chi connectivity index (χ1n) is 0.827.